The monoisotopic (exact) mass is 237 g/mol. The van der Waals surface area contributed by atoms with Crippen LogP contribution in [0, 0.1) is 6.92 Å². The highest BCUT2D eigenvalue weighted by molar-refractivity contribution is 7.85. The van der Waals surface area contributed by atoms with Crippen LogP contribution in [0.15, 0.2) is 18.2 Å². The maximum absolute atomic E-state index is 11.2. The van der Waals surface area contributed by atoms with Gasteiger partial charge in [0.05, 0.1) is 0 Å². The molecule has 0 spiro atoms. The first-order valence-electron chi connectivity index (χ1n) is 5.36. The number of rotatable bonds is 2. The molecule has 1 aromatic rings. The summed E-state index contributed by atoms with van der Waals surface area (Å²) in [6.45, 7) is 3.62. The maximum Gasteiger partial charge on any atom is 0.150 e. The molecule has 1 fully saturated rings. The fourth-order valence-electron chi connectivity index (χ4n) is 1.88. The Labute approximate surface area is 97.9 Å². The van der Waals surface area contributed by atoms with Crippen molar-refractivity contribution in [1.29, 1.82) is 0 Å². The highest BCUT2D eigenvalue weighted by Gasteiger charge is 2.15. The van der Waals surface area contributed by atoms with E-state index in [0.29, 0.717) is 0 Å². The van der Waals surface area contributed by atoms with Crippen LogP contribution in [-0.4, -0.2) is 35.1 Å². The lowest BCUT2D eigenvalue weighted by molar-refractivity contribution is 0.112. The Hall–Kier alpha value is -1.16. The van der Waals surface area contributed by atoms with Crippen molar-refractivity contribution >= 4 is 22.8 Å². The molecule has 0 amide bonds. The number of hydrogen-bond donors (Lipinski definition) is 0. The van der Waals surface area contributed by atoms with Gasteiger partial charge in [-0.15, -0.1) is 0 Å². The molecule has 0 saturated carbocycles. The van der Waals surface area contributed by atoms with E-state index < -0.39 is 10.8 Å². The molecule has 0 radical (unpaired) electrons. The van der Waals surface area contributed by atoms with Crippen molar-refractivity contribution in [2.75, 3.05) is 29.5 Å². The summed E-state index contributed by atoms with van der Waals surface area (Å²) in [7, 11) is -0.644. The van der Waals surface area contributed by atoms with E-state index >= 15 is 0 Å². The summed E-state index contributed by atoms with van der Waals surface area (Å²) in [5.74, 6) is 1.49. The van der Waals surface area contributed by atoms with E-state index in [1.807, 2.05) is 25.1 Å². The van der Waals surface area contributed by atoms with Gasteiger partial charge in [-0.2, -0.15) is 0 Å². The minimum absolute atomic E-state index is 0.644. The van der Waals surface area contributed by atoms with Gasteiger partial charge in [0, 0.05) is 46.6 Å². The van der Waals surface area contributed by atoms with Gasteiger partial charge < -0.3 is 4.90 Å². The summed E-state index contributed by atoms with van der Waals surface area (Å²) in [5, 5.41) is 0. The SMILES string of the molecule is Cc1cc(N2CCS(=O)CC2)ccc1C=O. The Morgan fingerprint density at radius 3 is 2.56 bits per heavy atom. The normalized spacial score (nSPS) is 17.4. The highest BCUT2D eigenvalue weighted by atomic mass is 32.2. The Balaban J connectivity index is 2.18. The molecule has 0 bridgehead atoms. The van der Waals surface area contributed by atoms with Crippen LogP contribution in [0.2, 0.25) is 0 Å². The van der Waals surface area contributed by atoms with Gasteiger partial charge in [0.25, 0.3) is 0 Å². The fourth-order valence-corrected chi connectivity index (χ4v) is 2.94. The highest BCUT2D eigenvalue weighted by Crippen LogP contribution is 2.19. The molecule has 0 atom stereocenters. The third-order valence-corrected chi connectivity index (χ3v) is 4.20. The molecule has 1 heterocycles. The second-order valence-electron chi connectivity index (χ2n) is 3.99. The van der Waals surface area contributed by atoms with E-state index in [2.05, 4.69) is 4.90 Å². The van der Waals surface area contributed by atoms with Crippen molar-refractivity contribution in [3.8, 4) is 0 Å². The second kappa shape index (κ2) is 4.78. The van der Waals surface area contributed by atoms with E-state index in [4.69, 9.17) is 0 Å². The number of hydrogen-bond acceptors (Lipinski definition) is 3. The molecule has 16 heavy (non-hydrogen) atoms. The van der Waals surface area contributed by atoms with Crippen molar-refractivity contribution in [2.45, 2.75) is 6.92 Å². The zero-order valence-electron chi connectivity index (χ0n) is 9.31. The Morgan fingerprint density at radius 1 is 1.31 bits per heavy atom. The predicted octanol–water partition coefficient (Wildman–Crippen LogP) is 1.38. The molecule has 0 unspecified atom stereocenters. The van der Waals surface area contributed by atoms with E-state index in [9.17, 15) is 9.00 Å². The molecule has 1 saturated heterocycles. The van der Waals surface area contributed by atoms with Crippen LogP contribution in [0.25, 0.3) is 0 Å². The lowest BCUT2D eigenvalue weighted by atomic mass is 10.1. The van der Waals surface area contributed by atoms with Gasteiger partial charge in [0.15, 0.2) is 0 Å². The lowest BCUT2D eigenvalue weighted by Gasteiger charge is -2.28. The van der Waals surface area contributed by atoms with Gasteiger partial charge in [0.2, 0.25) is 0 Å². The molecule has 1 aliphatic heterocycles. The number of anilines is 1. The number of carbonyl (C=O) groups is 1. The molecule has 0 aliphatic carbocycles. The standard InChI is InChI=1S/C12H15NO2S/c1-10-8-12(3-2-11(10)9-14)13-4-6-16(15)7-5-13/h2-3,8-9H,4-7H2,1H3. The summed E-state index contributed by atoms with van der Waals surface area (Å²) >= 11 is 0. The average molecular weight is 237 g/mol. The van der Waals surface area contributed by atoms with Gasteiger partial charge in [-0.3, -0.25) is 9.00 Å². The molecule has 1 aliphatic rings. The summed E-state index contributed by atoms with van der Waals surface area (Å²) in [4.78, 5) is 12.9. The van der Waals surface area contributed by atoms with Crippen LogP contribution in [0.4, 0.5) is 5.69 Å². The molecule has 86 valence electrons. The minimum atomic E-state index is -0.644. The summed E-state index contributed by atoms with van der Waals surface area (Å²) in [5.41, 5.74) is 2.86. The summed E-state index contributed by atoms with van der Waals surface area (Å²) in [6, 6.07) is 5.84. The van der Waals surface area contributed by atoms with E-state index in [1.165, 1.54) is 0 Å². The number of aldehydes is 1. The van der Waals surface area contributed by atoms with Gasteiger partial charge in [-0.25, -0.2) is 0 Å². The lowest BCUT2D eigenvalue weighted by Crippen LogP contribution is -2.37. The molecular weight excluding hydrogens is 222 g/mol. The molecule has 1 aromatic carbocycles. The minimum Gasteiger partial charge on any atom is -0.370 e. The van der Waals surface area contributed by atoms with Crippen molar-refractivity contribution < 1.29 is 9.00 Å². The van der Waals surface area contributed by atoms with Crippen molar-refractivity contribution in [3.05, 3.63) is 29.3 Å². The van der Waals surface area contributed by atoms with Crippen molar-refractivity contribution in [2.24, 2.45) is 0 Å². The maximum atomic E-state index is 11.2. The molecule has 2 rings (SSSR count). The van der Waals surface area contributed by atoms with Crippen LogP contribution < -0.4 is 4.90 Å². The Morgan fingerprint density at radius 2 is 2.00 bits per heavy atom. The molecular formula is C12H15NO2S. The second-order valence-corrected chi connectivity index (χ2v) is 5.69. The van der Waals surface area contributed by atoms with Crippen LogP contribution in [-0.2, 0) is 10.8 Å². The average Bonchev–Trinajstić information content (AvgIpc) is 2.30. The third-order valence-electron chi connectivity index (χ3n) is 2.92. The van der Waals surface area contributed by atoms with Gasteiger partial charge in [-0.1, -0.05) is 0 Å². The van der Waals surface area contributed by atoms with Crippen LogP contribution >= 0.6 is 0 Å². The quantitative estimate of drug-likeness (QED) is 0.729. The zero-order chi connectivity index (χ0) is 11.5. The summed E-state index contributed by atoms with van der Waals surface area (Å²) in [6.07, 6.45) is 0.879. The number of carbonyl (C=O) groups excluding carboxylic acids is 1. The van der Waals surface area contributed by atoms with E-state index in [-0.39, 0.29) is 0 Å². The molecule has 0 aromatic heterocycles. The molecule has 4 heteroatoms. The first kappa shape index (κ1) is 11.3. The van der Waals surface area contributed by atoms with Gasteiger partial charge in [0.1, 0.15) is 6.29 Å². The predicted molar refractivity (Wildman–Crippen MR) is 66.7 cm³/mol. The molecule has 0 N–H and O–H groups in total. The number of benzene rings is 1. The van der Waals surface area contributed by atoms with Crippen LogP contribution in [0.3, 0.4) is 0 Å². The number of aryl methyl sites for hydroxylation is 1. The van der Waals surface area contributed by atoms with E-state index in [1.54, 1.807) is 0 Å². The van der Waals surface area contributed by atoms with Gasteiger partial charge >= 0.3 is 0 Å². The molecule has 3 nitrogen and oxygen atoms in total. The third kappa shape index (κ3) is 2.32. The Bertz CT molecular complexity index is 421. The topological polar surface area (TPSA) is 37.4 Å². The first-order chi connectivity index (χ1) is 7.70. The van der Waals surface area contributed by atoms with Crippen molar-refractivity contribution in [3.63, 3.8) is 0 Å². The smallest absolute Gasteiger partial charge is 0.150 e. The van der Waals surface area contributed by atoms with Crippen LogP contribution in [0.1, 0.15) is 15.9 Å². The number of nitrogens with zero attached hydrogens (tertiary/aromatic N) is 1. The Kier molecular flexibility index (Phi) is 3.39. The van der Waals surface area contributed by atoms with E-state index in [0.717, 1.165) is 47.7 Å². The largest absolute Gasteiger partial charge is 0.370 e. The zero-order valence-corrected chi connectivity index (χ0v) is 10.1. The summed E-state index contributed by atoms with van der Waals surface area (Å²) < 4.78 is 11.2. The van der Waals surface area contributed by atoms with Crippen LogP contribution in [0.5, 0.6) is 0 Å². The van der Waals surface area contributed by atoms with Gasteiger partial charge in [-0.05, 0) is 30.7 Å². The fraction of sp³-hybridized carbons (Fsp3) is 0.417. The first-order valence-corrected chi connectivity index (χ1v) is 6.85. The van der Waals surface area contributed by atoms with Crippen molar-refractivity contribution in [1.82, 2.24) is 0 Å².